The molecule has 27 heavy (non-hydrogen) atoms. The molecule has 0 saturated carbocycles. The van der Waals surface area contributed by atoms with Crippen LogP contribution in [-0.4, -0.2) is 34.8 Å². The van der Waals surface area contributed by atoms with Crippen molar-refractivity contribution in [2.24, 2.45) is 5.92 Å². The van der Waals surface area contributed by atoms with Crippen LogP contribution in [0.15, 0.2) is 48.7 Å². The Kier molecular flexibility index (Phi) is 6.58. The molecule has 2 heterocycles. The number of nitrogens with one attached hydrogen (secondary N) is 1. The Labute approximate surface area is 160 Å². The molecule has 5 nitrogen and oxygen atoms in total. The largest absolute Gasteiger partial charge is 0.342 e. The maximum Gasteiger partial charge on any atom is 0.230 e. The van der Waals surface area contributed by atoms with E-state index in [1.54, 1.807) is 6.20 Å². The number of hydrogen-bond donors (Lipinski definition) is 1. The number of hydrogen-bond acceptors (Lipinski definition) is 3. The smallest absolute Gasteiger partial charge is 0.230 e. The molecule has 0 aliphatic carbocycles. The Bertz CT molecular complexity index is 759. The second-order valence-electron chi connectivity index (χ2n) is 7.23. The van der Waals surface area contributed by atoms with Crippen molar-refractivity contribution in [1.29, 1.82) is 0 Å². The molecule has 1 fully saturated rings. The minimum atomic E-state index is -0.167. The molecule has 3 rings (SSSR count). The van der Waals surface area contributed by atoms with Crippen LogP contribution in [0, 0.1) is 12.8 Å². The molecule has 2 amide bonds. The van der Waals surface area contributed by atoms with Gasteiger partial charge in [-0.2, -0.15) is 0 Å². The summed E-state index contributed by atoms with van der Waals surface area (Å²) < 4.78 is 0. The minimum Gasteiger partial charge on any atom is -0.342 e. The number of anilines is 1. The van der Waals surface area contributed by atoms with Gasteiger partial charge in [0.1, 0.15) is 5.82 Å². The number of carbonyl (C=O) groups is 2. The Morgan fingerprint density at radius 1 is 1.19 bits per heavy atom. The zero-order valence-electron chi connectivity index (χ0n) is 15.9. The molecular weight excluding hydrogens is 338 g/mol. The number of aryl methyl sites for hydroxylation is 2. The van der Waals surface area contributed by atoms with Gasteiger partial charge in [0, 0.05) is 25.7 Å². The lowest BCUT2D eigenvalue weighted by molar-refractivity contribution is -0.134. The first-order valence-corrected chi connectivity index (χ1v) is 9.67. The lowest BCUT2D eigenvalue weighted by Gasteiger charge is -2.32. The summed E-state index contributed by atoms with van der Waals surface area (Å²) in [4.78, 5) is 31.1. The van der Waals surface area contributed by atoms with Gasteiger partial charge in [0.15, 0.2) is 0 Å². The summed E-state index contributed by atoms with van der Waals surface area (Å²) in [6.45, 7) is 3.21. The maximum atomic E-state index is 12.5. The molecule has 5 heteroatoms. The van der Waals surface area contributed by atoms with Gasteiger partial charge in [-0.25, -0.2) is 4.98 Å². The number of likely N-dealkylation sites (tertiary alicyclic amines) is 1. The van der Waals surface area contributed by atoms with Gasteiger partial charge in [-0.3, -0.25) is 9.59 Å². The first-order valence-electron chi connectivity index (χ1n) is 9.67. The SMILES string of the molecule is Cc1ccc(NC(=O)C2CCCN(C(=O)CCCc3ccccc3)C2)nc1. The minimum absolute atomic E-state index is 0.0480. The molecule has 1 N–H and O–H groups in total. The van der Waals surface area contributed by atoms with Crippen LogP contribution >= 0.6 is 0 Å². The predicted octanol–water partition coefficient (Wildman–Crippen LogP) is 3.59. The third kappa shape index (κ3) is 5.64. The van der Waals surface area contributed by atoms with Crippen LogP contribution in [0.2, 0.25) is 0 Å². The molecule has 1 aliphatic rings. The highest BCUT2D eigenvalue weighted by molar-refractivity contribution is 5.92. The number of carbonyl (C=O) groups excluding carboxylic acids is 2. The normalized spacial score (nSPS) is 16.8. The zero-order chi connectivity index (χ0) is 19.1. The molecular formula is C22H27N3O2. The molecule has 0 radical (unpaired) electrons. The van der Waals surface area contributed by atoms with E-state index in [1.807, 2.05) is 42.2 Å². The first kappa shape index (κ1) is 19.1. The Hall–Kier alpha value is -2.69. The maximum absolute atomic E-state index is 12.5. The predicted molar refractivity (Wildman–Crippen MR) is 106 cm³/mol. The van der Waals surface area contributed by atoms with Crippen LogP contribution in [0.1, 0.15) is 36.8 Å². The topological polar surface area (TPSA) is 62.3 Å². The van der Waals surface area contributed by atoms with Gasteiger partial charge >= 0.3 is 0 Å². The van der Waals surface area contributed by atoms with E-state index in [4.69, 9.17) is 0 Å². The third-order valence-corrected chi connectivity index (χ3v) is 5.01. The van der Waals surface area contributed by atoms with Crippen LogP contribution < -0.4 is 5.32 Å². The van der Waals surface area contributed by atoms with Crippen molar-refractivity contribution in [2.75, 3.05) is 18.4 Å². The Morgan fingerprint density at radius 2 is 2.00 bits per heavy atom. The third-order valence-electron chi connectivity index (χ3n) is 5.01. The Balaban J connectivity index is 1.47. The van der Waals surface area contributed by atoms with Crippen molar-refractivity contribution in [1.82, 2.24) is 9.88 Å². The lowest BCUT2D eigenvalue weighted by Crippen LogP contribution is -2.43. The van der Waals surface area contributed by atoms with Gasteiger partial charge in [0.25, 0.3) is 0 Å². The van der Waals surface area contributed by atoms with E-state index in [9.17, 15) is 9.59 Å². The molecule has 1 unspecified atom stereocenters. The van der Waals surface area contributed by atoms with E-state index in [0.717, 1.165) is 37.8 Å². The molecule has 1 aliphatic heterocycles. The highest BCUT2D eigenvalue weighted by Gasteiger charge is 2.28. The van der Waals surface area contributed by atoms with Gasteiger partial charge in [0.2, 0.25) is 11.8 Å². The number of benzene rings is 1. The second-order valence-corrected chi connectivity index (χ2v) is 7.23. The van der Waals surface area contributed by atoms with Gasteiger partial charge in [-0.05, 0) is 49.8 Å². The molecule has 1 atom stereocenters. The monoisotopic (exact) mass is 365 g/mol. The number of aromatic nitrogens is 1. The summed E-state index contributed by atoms with van der Waals surface area (Å²) in [6.07, 6.45) is 5.68. The van der Waals surface area contributed by atoms with Crippen LogP contribution in [0.25, 0.3) is 0 Å². The van der Waals surface area contributed by atoms with Crippen molar-refractivity contribution < 1.29 is 9.59 Å². The van der Waals surface area contributed by atoms with Crippen LogP contribution in [-0.2, 0) is 16.0 Å². The first-order chi connectivity index (χ1) is 13.1. The van der Waals surface area contributed by atoms with Crippen molar-refractivity contribution in [3.05, 3.63) is 59.8 Å². The average Bonchev–Trinajstić information content (AvgIpc) is 2.70. The van der Waals surface area contributed by atoms with Gasteiger partial charge < -0.3 is 10.2 Å². The molecule has 1 aromatic carbocycles. The Morgan fingerprint density at radius 3 is 2.74 bits per heavy atom. The number of rotatable bonds is 6. The quantitative estimate of drug-likeness (QED) is 0.851. The zero-order valence-corrected chi connectivity index (χ0v) is 15.9. The fourth-order valence-electron chi connectivity index (χ4n) is 3.43. The van der Waals surface area contributed by atoms with Crippen molar-refractivity contribution >= 4 is 17.6 Å². The van der Waals surface area contributed by atoms with E-state index in [-0.39, 0.29) is 17.7 Å². The lowest BCUT2D eigenvalue weighted by atomic mass is 9.96. The number of amides is 2. The highest BCUT2D eigenvalue weighted by atomic mass is 16.2. The average molecular weight is 365 g/mol. The van der Waals surface area contributed by atoms with Crippen LogP contribution in [0.4, 0.5) is 5.82 Å². The van der Waals surface area contributed by atoms with Crippen molar-refractivity contribution in [3.8, 4) is 0 Å². The summed E-state index contributed by atoms with van der Waals surface area (Å²) in [5.41, 5.74) is 2.31. The van der Waals surface area contributed by atoms with Crippen molar-refractivity contribution in [3.63, 3.8) is 0 Å². The second kappa shape index (κ2) is 9.31. The molecule has 142 valence electrons. The van der Waals surface area contributed by atoms with Crippen LogP contribution in [0.3, 0.4) is 0 Å². The van der Waals surface area contributed by atoms with E-state index in [1.165, 1.54) is 5.56 Å². The van der Waals surface area contributed by atoms with Gasteiger partial charge in [0.05, 0.1) is 5.92 Å². The van der Waals surface area contributed by atoms with E-state index < -0.39 is 0 Å². The van der Waals surface area contributed by atoms with E-state index in [0.29, 0.717) is 18.8 Å². The summed E-state index contributed by atoms with van der Waals surface area (Å²) in [6, 6.07) is 14.0. The number of piperidine rings is 1. The summed E-state index contributed by atoms with van der Waals surface area (Å²) >= 11 is 0. The van der Waals surface area contributed by atoms with E-state index in [2.05, 4.69) is 22.4 Å². The summed E-state index contributed by atoms with van der Waals surface area (Å²) in [5.74, 6) is 0.502. The standard InChI is InChI=1S/C22H27N3O2/c1-17-12-13-20(23-15-17)24-22(27)19-10-6-14-25(16-19)21(26)11-5-9-18-7-3-2-4-8-18/h2-4,7-8,12-13,15,19H,5-6,9-11,14,16H2,1H3,(H,23,24,27). The van der Waals surface area contributed by atoms with Crippen LogP contribution in [0.5, 0.6) is 0 Å². The van der Waals surface area contributed by atoms with Gasteiger partial charge in [-0.1, -0.05) is 36.4 Å². The number of pyridine rings is 1. The van der Waals surface area contributed by atoms with Gasteiger partial charge in [-0.15, -0.1) is 0 Å². The van der Waals surface area contributed by atoms with E-state index >= 15 is 0 Å². The number of nitrogens with zero attached hydrogens (tertiary/aromatic N) is 2. The molecule has 1 aromatic heterocycles. The molecule has 0 spiro atoms. The molecule has 2 aromatic rings. The molecule has 0 bridgehead atoms. The van der Waals surface area contributed by atoms with Crippen molar-refractivity contribution in [2.45, 2.75) is 39.0 Å². The summed E-state index contributed by atoms with van der Waals surface area (Å²) in [5, 5.41) is 2.87. The highest BCUT2D eigenvalue weighted by Crippen LogP contribution is 2.20. The fourth-order valence-corrected chi connectivity index (χ4v) is 3.43. The summed E-state index contributed by atoms with van der Waals surface area (Å²) in [7, 11) is 0. The fraction of sp³-hybridized carbons (Fsp3) is 0.409. The molecule has 1 saturated heterocycles.